The molecule has 0 bridgehead atoms. The molecule has 0 aliphatic heterocycles. The van der Waals surface area contributed by atoms with E-state index in [2.05, 4.69) is 24.9 Å². The lowest BCUT2D eigenvalue weighted by Gasteiger charge is -2.08. The predicted octanol–water partition coefficient (Wildman–Crippen LogP) is 3.94. The van der Waals surface area contributed by atoms with Crippen LogP contribution in [0.4, 0.5) is 13.2 Å². The Hall–Kier alpha value is -2.73. The number of fused-ring (bicyclic) bond motifs is 1. The van der Waals surface area contributed by atoms with Gasteiger partial charge in [-0.1, -0.05) is 11.2 Å². The third-order valence-electron chi connectivity index (χ3n) is 3.51. The van der Waals surface area contributed by atoms with Gasteiger partial charge in [-0.3, -0.25) is 0 Å². The molecule has 1 aromatic carbocycles. The van der Waals surface area contributed by atoms with Crippen molar-refractivity contribution in [3.63, 3.8) is 0 Å². The van der Waals surface area contributed by atoms with E-state index in [1.165, 1.54) is 34.7 Å². The molecule has 27 heavy (non-hydrogen) atoms. The van der Waals surface area contributed by atoms with Gasteiger partial charge in [0.15, 0.2) is 15.1 Å². The summed E-state index contributed by atoms with van der Waals surface area (Å²) in [4.78, 5) is 4.26. The first-order valence-electron chi connectivity index (χ1n) is 7.43. The van der Waals surface area contributed by atoms with Crippen molar-refractivity contribution < 1.29 is 17.9 Å². The van der Waals surface area contributed by atoms with E-state index >= 15 is 0 Å². The highest BCUT2D eigenvalue weighted by molar-refractivity contribution is 8.44. The fourth-order valence-corrected chi connectivity index (χ4v) is 5.11. The molecule has 0 fully saturated rings. The van der Waals surface area contributed by atoms with Gasteiger partial charge in [-0.25, -0.2) is 0 Å². The molecule has 0 aliphatic carbocycles. The molecule has 0 aliphatic rings. The zero-order valence-electron chi connectivity index (χ0n) is 13.6. The summed E-state index contributed by atoms with van der Waals surface area (Å²) in [5.41, 5.74) is -0.00424. The Morgan fingerprint density at radius 1 is 1.19 bits per heavy atom. The van der Waals surface area contributed by atoms with Crippen LogP contribution in [-0.4, -0.2) is 36.7 Å². The second kappa shape index (κ2) is 6.78. The molecule has 138 valence electrons. The van der Waals surface area contributed by atoms with Crippen molar-refractivity contribution in [2.75, 3.05) is 7.11 Å². The molecule has 1 unspecified atom stereocenters. The summed E-state index contributed by atoms with van der Waals surface area (Å²) in [5.74, 6) is 0.454. The van der Waals surface area contributed by atoms with Crippen LogP contribution in [0.3, 0.4) is 0 Å². The highest BCUT2D eigenvalue weighted by atomic mass is 33.1. The Morgan fingerprint density at radius 3 is 2.81 bits per heavy atom. The first-order valence-corrected chi connectivity index (χ1v) is 10.0. The standard InChI is InChI=1S/C15H10F3N6OS2/c1-25-12-6-5-9-8-27(21-13(9)19-12)26-14-20-22-23-24(14)11-4-2-3-10(7-11)15(16,17)18/h2-8H,1H3/q+1. The molecule has 0 amide bonds. The van der Waals surface area contributed by atoms with E-state index in [4.69, 9.17) is 4.74 Å². The fraction of sp³-hybridized carbons (Fsp3) is 0.133. The van der Waals surface area contributed by atoms with E-state index in [1.807, 2.05) is 11.4 Å². The fourth-order valence-electron chi connectivity index (χ4n) is 2.27. The largest absolute Gasteiger partial charge is 0.481 e. The Labute approximate surface area is 156 Å². The van der Waals surface area contributed by atoms with E-state index in [1.54, 1.807) is 6.07 Å². The molecule has 4 aromatic rings. The van der Waals surface area contributed by atoms with Gasteiger partial charge < -0.3 is 4.74 Å². The Morgan fingerprint density at radius 2 is 2.04 bits per heavy atom. The van der Waals surface area contributed by atoms with Crippen molar-refractivity contribution in [1.82, 2.24) is 29.6 Å². The van der Waals surface area contributed by atoms with Crippen LogP contribution in [0.25, 0.3) is 16.7 Å². The molecule has 0 spiro atoms. The number of halogens is 3. The van der Waals surface area contributed by atoms with Gasteiger partial charge in [0.05, 0.1) is 23.7 Å². The topological polar surface area (TPSA) is 78.6 Å². The molecule has 4 rings (SSSR count). The van der Waals surface area contributed by atoms with Crippen LogP contribution >= 0.6 is 20.5 Å². The summed E-state index contributed by atoms with van der Waals surface area (Å²) in [5, 5.41) is 14.4. The zero-order valence-corrected chi connectivity index (χ0v) is 15.2. The maximum atomic E-state index is 12.9. The lowest BCUT2D eigenvalue weighted by molar-refractivity contribution is -0.137. The van der Waals surface area contributed by atoms with Gasteiger partial charge in [0.1, 0.15) is 0 Å². The van der Waals surface area contributed by atoms with E-state index in [0.29, 0.717) is 16.7 Å². The number of hydrogen-bond acceptors (Lipinski definition) is 7. The second-order valence-electron chi connectivity index (χ2n) is 5.26. The lowest BCUT2D eigenvalue weighted by Crippen LogP contribution is -2.07. The van der Waals surface area contributed by atoms with Crippen LogP contribution in [0, 0.1) is 0 Å². The van der Waals surface area contributed by atoms with E-state index in [0.717, 1.165) is 17.5 Å². The number of nitrogens with zero attached hydrogens (tertiary/aromatic N) is 6. The third kappa shape index (κ3) is 3.57. The molecule has 3 heterocycles. The highest BCUT2D eigenvalue weighted by Crippen LogP contribution is 2.39. The quantitative estimate of drug-likeness (QED) is 0.372. The molecule has 0 radical (unpaired) electrons. The number of hydrogen-bond donors (Lipinski definition) is 0. The third-order valence-corrected chi connectivity index (χ3v) is 6.37. The van der Waals surface area contributed by atoms with E-state index in [-0.39, 0.29) is 5.69 Å². The van der Waals surface area contributed by atoms with Gasteiger partial charge in [0.2, 0.25) is 22.3 Å². The summed E-state index contributed by atoms with van der Waals surface area (Å²) in [6, 6.07) is 8.39. The molecule has 0 N–H and O–H groups in total. The SMILES string of the molecule is COc1ccc2c[s+](Sc3nnnn3-c3cccc(C(F)(F)F)c3)nc2n1. The smallest absolute Gasteiger partial charge is 0.416 e. The van der Waals surface area contributed by atoms with Crippen molar-refractivity contribution in [3.05, 3.63) is 47.3 Å². The van der Waals surface area contributed by atoms with Gasteiger partial charge in [-0.2, -0.15) is 22.8 Å². The van der Waals surface area contributed by atoms with Crippen LogP contribution in [0.5, 0.6) is 5.88 Å². The number of ether oxygens (including phenoxy) is 1. The molecular weight excluding hydrogens is 401 g/mol. The summed E-state index contributed by atoms with van der Waals surface area (Å²) in [6.45, 7) is 0. The van der Waals surface area contributed by atoms with Crippen molar-refractivity contribution in [1.29, 1.82) is 0 Å². The summed E-state index contributed by atoms with van der Waals surface area (Å²) < 4.78 is 49.7. The average Bonchev–Trinajstić information content (AvgIpc) is 3.27. The number of rotatable bonds is 4. The molecule has 1 atom stereocenters. The minimum atomic E-state index is -4.44. The number of alkyl halides is 3. The minimum Gasteiger partial charge on any atom is -0.481 e. The van der Waals surface area contributed by atoms with Gasteiger partial charge >= 0.3 is 6.18 Å². The van der Waals surface area contributed by atoms with Crippen molar-refractivity contribution in [2.24, 2.45) is 0 Å². The van der Waals surface area contributed by atoms with Gasteiger partial charge in [0.25, 0.3) is 5.16 Å². The molecule has 7 nitrogen and oxygen atoms in total. The normalized spacial score (nSPS) is 12.5. The molecule has 0 saturated carbocycles. The lowest BCUT2D eigenvalue weighted by atomic mass is 10.2. The average molecular weight is 411 g/mol. The first kappa shape index (κ1) is 17.7. The first-order chi connectivity index (χ1) is 12.9. The van der Waals surface area contributed by atoms with Gasteiger partial charge in [0, 0.05) is 6.07 Å². The molecule has 0 saturated heterocycles. The molecule has 3 aromatic heterocycles. The number of benzene rings is 1. The highest BCUT2D eigenvalue weighted by Gasteiger charge is 2.31. The maximum Gasteiger partial charge on any atom is 0.416 e. The van der Waals surface area contributed by atoms with Crippen molar-refractivity contribution in [2.45, 2.75) is 11.3 Å². The van der Waals surface area contributed by atoms with Crippen molar-refractivity contribution in [3.8, 4) is 11.6 Å². The van der Waals surface area contributed by atoms with E-state index < -0.39 is 21.4 Å². The van der Waals surface area contributed by atoms with Gasteiger partial charge in [-0.05, 0) is 39.1 Å². The number of aromatic nitrogens is 6. The number of tetrazole rings is 1. The van der Waals surface area contributed by atoms with Gasteiger partial charge in [-0.15, -0.1) is 0 Å². The minimum absolute atomic E-state index is 0.220. The Kier molecular flexibility index (Phi) is 4.44. The monoisotopic (exact) mass is 411 g/mol. The Bertz CT molecular complexity index is 1110. The van der Waals surface area contributed by atoms with Crippen LogP contribution in [0.15, 0.2) is 46.9 Å². The van der Waals surface area contributed by atoms with Crippen LogP contribution in [0.1, 0.15) is 5.56 Å². The summed E-state index contributed by atoms with van der Waals surface area (Å²) >= 11 is 0. The molecule has 12 heteroatoms. The van der Waals surface area contributed by atoms with Crippen LogP contribution in [-0.2, 0) is 6.18 Å². The maximum absolute atomic E-state index is 12.9. The van der Waals surface area contributed by atoms with Crippen LogP contribution < -0.4 is 4.74 Å². The Balaban J connectivity index is 1.67. The molecular formula is C15H10F3N6OS2+. The summed E-state index contributed by atoms with van der Waals surface area (Å²) in [6.07, 6.45) is -4.44. The van der Waals surface area contributed by atoms with Crippen molar-refractivity contribution >= 4 is 31.5 Å². The predicted molar refractivity (Wildman–Crippen MR) is 94.0 cm³/mol. The summed E-state index contributed by atoms with van der Waals surface area (Å²) in [7, 11) is 2.10. The van der Waals surface area contributed by atoms with E-state index in [9.17, 15) is 13.2 Å². The zero-order chi connectivity index (χ0) is 19.0. The number of pyridine rings is 1. The van der Waals surface area contributed by atoms with Crippen LogP contribution in [0.2, 0.25) is 0 Å². The second-order valence-corrected chi connectivity index (χ2v) is 8.28. The number of methoxy groups -OCH3 is 1.